The summed E-state index contributed by atoms with van der Waals surface area (Å²) in [5.41, 5.74) is 11.1. The van der Waals surface area contributed by atoms with Crippen molar-refractivity contribution in [3.05, 3.63) is 24.2 Å². The van der Waals surface area contributed by atoms with E-state index in [4.69, 9.17) is 11.5 Å². The second-order valence-electron chi connectivity index (χ2n) is 4.44. The fourth-order valence-electron chi connectivity index (χ4n) is 2.01. The minimum Gasteiger partial charge on any atom is -0.405 e. The molecule has 2 unspecified atom stereocenters. The second kappa shape index (κ2) is 6.30. The van der Waals surface area contributed by atoms with Gasteiger partial charge in [-0.1, -0.05) is 6.92 Å². The number of hydrogen-bond donors (Lipinski definition) is 3. The van der Waals surface area contributed by atoms with Crippen molar-refractivity contribution in [2.24, 2.45) is 17.4 Å². The highest BCUT2D eigenvalue weighted by Crippen LogP contribution is 2.19. The molecule has 1 amide bonds. The standard InChI is InChI=1S/C12H22N4O/c1-9-5-7-16(11(14)4-3-6-13)12(17)10(8-9)15-2/h3-4,6,9-10,15H,5,7-8,13-14H2,1-2H3/b6-3-,11-4+. The van der Waals surface area contributed by atoms with E-state index in [-0.39, 0.29) is 11.9 Å². The number of carbonyl (C=O) groups is 1. The van der Waals surface area contributed by atoms with Crippen molar-refractivity contribution >= 4 is 5.91 Å². The second-order valence-corrected chi connectivity index (χ2v) is 4.44. The number of likely N-dealkylation sites (tertiary alicyclic amines) is 1. The van der Waals surface area contributed by atoms with Crippen LogP contribution < -0.4 is 16.8 Å². The molecule has 1 aliphatic rings. The summed E-state index contributed by atoms with van der Waals surface area (Å²) in [7, 11) is 1.80. The molecule has 0 aliphatic carbocycles. The van der Waals surface area contributed by atoms with Gasteiger partial charge in [0.25, 0.3) is 0 Å². The molecule has 5 N–H and O–H groups in total. The zero-order valence-corrected chi connectivity index (χ0v) is 10.5. The number of nitrogens with one attached hydrogen (secondary N) is 1. The lowest BCUT2D eigenvalue weighted by Crippen LogP contribution is -2.45. The van der Waals surface area contributed by atoms with E-state index in [1.807, 2.05) is 0 Å². The molecule has 1 saturated heterocycles. The van der Waals surface area contributed by atoms with E-state index in [2.05, 4.69) is 12.2 Å². The third-order valence-corrected chi connectivity index (χ3v) is 3.09. The topological polar surface area (TPSA) is 84.4 Å². The lowest BCUT2D eigenvalue weighted by atomic mass is 10.0. The van der Waals surface area contributed by atoms with Gasteiger partial charge in [0, 0.05) is 6.54 Å². The van der Waals surface area contributed by atoms with Crippen LogP contribution >= 0.6 is 0 Å². The first-order chi connectivity index (χ1) is 8.10. The molecule has 17 heavy (non-hydrogen) atoms. The van der Waals surface area contributed by atoms with Crippen molar-refractivity contribution in [1.82, 2.24) is 10.2 Å². The van der Waals surface area contributed by atoms with Crippen molar-refractivity contribution in [1.29, 1.82) is 0 Å². The van der Waals surface area contributed by atoms with Crippen LogP contribution in [0.25, 0.3) is 0 Å². The van der Waals surface area contributed by atoms with E-state index in [1.165, 1.54) is 6.20 Å². The average Bonchev–Trinajstić information content (AvgIpc) is 2.46. The first-order valence-corrected chi connectivity index (χ1v) is 5.92. The quantitative estimate of drug-likeness (QED) is 0.609. The van der Waals surface area contributed by atoms with Gasteiger partial charge >= 0.3 is 0 Å². The Kier molecular flexibility index (Phi) is 5.03. The first kappa shape index (κ1) is 13.6. The van der Waals surface area contributed by atoms with Crippen molar-refractivity contribution in [3.8, 4) is 0 Å². The van der Waals surface area contributed by atoms with Crippen LogP contribution in [-0.4, -0.2) is 30.4 Å². The molecule has 0 radical (unpaired) electrons. The molecule has 2 atom stereocenters. The molecule has 5 heteroatoms. The minimum absolute atomic E-state index is 0.0380. The Hall–Kier alpha value is -1.49. The molecular weight excluding hydrogens is 216 g/mol. The van der Waals surface area contributed by atoms with Gasteiger partial charge in [0.15, 0.2) is 0 Å². The molecule has 0 aromatic rings. The van der Waals surface area contributed by atoms with Crippen LogP contribution in [0.3, 0.4) is 0 Å². The Morgan fingerprint density at radius 3 is 2.88 bits per heavy atom. The molecule has 1 rings (SSSR count). The lowest BCUT2D eigenvalue weighted by molar-refractivity contribution is -0.130. The van der Waals surface area contributed by atoms with E-state index in [9.17, 15) is 4.79 Å². The van der Waals surface area contributed by atoms with Gasteiger partial charge in [0.05, 0.1) is 6.04 Å². The van der Waals surface area contributed by atoms with E-state index >= 15 is 0 Å². The van der Waals surface area contributed by atoms with Crippen LogP contribution in [0.2, 0.25) is 0 Å². The maximum atomic E-state index is 12.2. The molecule has 0 aromatic carbocycles. The number of carbonyl (C=O) groups excluding carboxylic acids is 1. The predicted molar refractivity (Wildman–Crippen MR) is 68.6 cm³/mol. The maximum Gasteiger partial charge on any atom is 0.245 e. The summed E-state index contributed by atoms with van der Waals surface area (Å²) in [5, 5.41) is 3.05. The lowest BCUT2D eigenvalue weighted by Gasteiger charge is -2.23. The number of likely N-dealkylation sites (N-methyl/N-ethyl adjacent to an activating group) is 1. The number of nitrogens with two attached hydrogens (primary N) is 2. The third-order valence-electron chi connectivity index (χ3n) is 3.09. The summed E-state index contributed by atoms with van der Waals surface area (Å²) in [4.78, 5) is 13.8. The van der Waals surface area contributed by atoms with Gasteiger partial charge in [-0.3, -0.25) is 9.69 Å². The molecule has 1 fully saturated rings. The molecule has 1 heterocycles. The van der Waals surface area contributed by atoms with Crippen molar-refractivity contribution in [3.63, 3.8) is 0 Å². The largest absolute Gasteiger partial charge is 0.405 e. The Morgan fingerprint density at radius 1 is 1.59 bits per heavy atom. The zero-order chi connectivity index (χ0) is 12.8. The molecule has 0 aromatic heterocycles. The summed E-state index contributed by atoms with van der Waals surface area (Å²) in [6, 6.07) is -0.152. The van der Waals surface area contributed by atoms with Crippen molar-refractivity contribution in [2.75, 3.05) is 13.6 Å². The van der Waals surface area contributed by atoms with Crippen LogP contribution in [0.1, 0.15) is 19.8 Å². The van der Waals surface area contributed by atoms with Crippen molar-refractivity contribution in [2.45, 2.75) is 25.8 Å². The van der Waals surface area contributed by atoms with E-state index in [0.29, 0.717) is 18.3 Å². The van der Waals surface area contributed by atoms with Gasteiger partial charge in [0.2, 0.25) is 5.91 Å². The smallest absolute Gasteiger partial charge is 0.245 e. The van der Waals surface area contributed by atoms with Gasteiger partial charge in [-0.25, -0.2) is 0 Å². The molecule has 96 valence electrons. The van der Waals surface area contributed by atoms with E-state index in [1.54, 1.807) is 24.1 Å². The Morgan fingerprint density at radius 2 is 2.29 bits per heavy atom. The maximum absolute atomic E-state index is 12.2. The van der Waals surface area contributed by atoms with Crippen LogP contribution in [-0.2, 0) is 4.79 Å². The minimum atomic E-state index is -0.152. The SMILES string of the molecule is CNC1CC(C)CCN(/C(N)=C/C=C\N)C1=O. The molecular formula is C12H22N4O. The van der Waals surface area contributed by atoms with Gasteiger partial charge in [-0.2, -0.15) is 0 Å². The van der Waals surface area contributed by atoms with Crippen LogP contribution in [0.15, 0.2) is 24.2 Å². The van der Waals surface area contributed by atoms with Gasteiger partial charge < -0.3 is 16.8 Å². The van der Waals surface area contributed by atoms with Gasteiger partial charge in [-0.15, -0.1) is 0 Å². The molecule has 0 bridgehead atoms. The summed E-state index contributed by atoms with van der Waals surface area (Å²) < 4.78 is 0. The molecule has 0 spiro atoms. The average molecular weight is 238 g/mol. The molecule has 0 saturated carbocycles. The predicted octanol–water partition coefficient (Wildman–Crippen LogP) is 0.105. The number of amides is 1. The van der Waals surface area contributed by atoms with Crippen molar-refractivity contribution < 1.29 is 4.79 Å². The number of rotatable bonds is 3. The Labute approximate surface area is 103 Å². The third kappa shape index (κ3) is 3.49. The van der Waals surface area contributed by atoms with E-state index in [0.717, 1.165) is 12.8 Å². The zero-order valence-electron chi connectivity index (χ0n) is 10.5. The molecule has 5 nitrogen and oxygen atoms in total. The highest BCUT2D eigenvalue weighted by Gasteiger charge is 2.29. The highest BCUT2D eigenvalue weighted by atomic mass is 16.2. The highest BCUT2D eigenvalue weighted by molar-refractivity contribution is 5.83. The number of nitrogens with zero attached hydrogens (tertiary/aromatic N) is 1. The van der Waals surface area contributed by atoms with Gasteiger partial charge in [0.1, 0.15) is 5.82 Å². The van der Waals surface area contributed by atoms with E-state index < -0.39 is 0 Å². The fourth-order valence-corrected chi connectivity index (χ4v) is 2.01. The Balaban J connectivity index is 2.86. The fraction of sp³-hybridized carbons (Fsp3) is 0.583. The first-order valence-electron chi connectivity index (χ1n) is 5.92. The summed E-state index contributed by atoms with van der Waals surface area (Å²) >= 11 is 0. The summed E-state index contributed by atoms with van der Waals surface area (Å²) in [6.45, 7) is 2.82. The number of hydrogen-bond acceptors (Lipinski definition) is 4. The summed E-state index contributed by atoms with van der Waals surface area (Å²) in [5.74, 6) is 1.00. The van der Waals surface area contributed by atoms with Gasteiger partial charge in [-0.05, 0) is 44.2 Å². The summed E-state index contributed by atoms with van der Waals surface area (Å²) in [6.07, 6.45) is 6.50. The van der Waals surface area contributed by atoms with Crippen LogP contribution in [0, 0.1) is 5.92 Å². The monoisotopic (exact) mass is 238 g/mol. The number of allylic oxidation sites excluding steroid dienone is 2. The van der Waals surface area contributed by atoms with Crippen LogP contribution in [0.4, 0.5) is 0 Å². The van der Waals surface area contributed by atoms with Crippen LogP contribution in [0.5, 0.6) is 0 Å². The molecule has 1 aliphatic heterocycles. The Bertz CT molecular complexity index is 324. The normalized spacial score (nSPS) is 27.5.